The van der Waals surface area contributed by atoms with Crippen LogP contribution in [-0.4, -0.2) is 69.6 Å². The molecule has 12 nitrogen and oxygen atoms in total. The van der Waals surface area contributed by atoms with Gasteiger partial charge in [-0.15, -0.1) is 0 Å². The van der Waals surface area contributed by atoms with Crippen LogP contribution < -0.4 is 16.4 Å². The van der Waals surface area contributed by atoms with Crippen LogP contribution in [0.5, 0.6) is 0 Å². The van der Waals surface area contributed by atoms with Crippen LogP contribution >= 0.6 is 0 Å². The highest BCUT2D eigenvalue weighted by atomic mass is 19.1. The summed E-state index contributed by atoms with van der Waals surface area (Å²) in [6.45, 7) is 4.82. The van der Waals surface area contributed by atoms with Crippen LogP contribution in [-0.2, 0) is 9.57 Å². The Morgan fingerprint density at radius 2 is 1.95 bits per heavy atom. The van der Waals surface area contributed by atoms with E-state index in [4.69, 9.17) is 20.4 Å². The van der Waals surface area contributed by atoms with Crippen molar-refractivity contribution in [1.29, 1.82) is 0 Å². The Balaban J connectivity index is 1.44. The van der Waals surface area contributed by atoms with Gasteiger partial charge in [0.1, 0.15) is 17.6 Å². The van der Waals surface area contributed by atoms with Crippen molar-refractivity contribution in [2.45, 2.75) is 26.0 Å². The molecule has 1 saturated heterocycles. The van der Waals surface area contributed by atoms with E-state index in [1.54, 1.807) is 35.9 Å². The number of primary amides is 1. The molecule has 4 N–H and O–H groups in total. The number of methoxy groups -OCH3 is 1. The van der Waals surface area contributed by atoms with Gasteiger partial charge >= 0.3 is 6.03 Å². The number of ether oxygens (including phenoxy) is 1. The van der Waals surface area contributed by atoms with Crippen molar-refractivity contribution in [2.24, 2.45) is 5.73 Å². The second kappa shape index (κ2) is 12.4. The van der Waals surface area contributed by atoms with Crippen molar-refractivity contribution in [3.63, 3.8) is 0 Å². The number of para-hydroxylation sites is 1. The number of carbonyl (C=O) groups excluding carboxylic acids is 2. The molecule has 0 spiro atoms. The highest BCUT2D eigenvalue weighted by Crippen LogP contribution is 2.32. The fourth-order valence-electron chi connectivity index (χ4n) is 4.89. The Kier molecular flexibility index (Phi) is 8.52. The van der Waals surface area contributed by atoms with E-state index in [9.17, 15) is 14.0 Å². The number of pyridine rings is 2. The van der Waals surface area contributed by atoms with Gasteiger partial charge in [-0.05, 0) is 55.3 Å². The SMILES string of the molecule is COCCN1C[C@@H](NC(=O)Nc2c(C)c(-c3cnc(C(N)=O)c(C)c3)nn2-c2ccccc2)[C@H](c2ccnc(F)c2)O1. The molecule has 0 radical (unpaired) electrons. The smallest absolute Gasteiger partial charge is 0.320 e. The maximum Gasteiger partial charge on any atom is 0.320 e. The number of hydrogen-bond acceptors (Lipinski definition) is 8. The zero-order valence-electron chi connectivity index (χ0n) is 23.4. The summed E-state index contributed by atoms with van der Waals surface area (Å²) in [5.41, 5.74) is 9.40. The molecule has 5 rings (SSSR count). The molecule has 13 heteroatoms. The number of urea groups is 1. The van der Waals surface area contributed by atoms with Gasteiger partial charge in [-0.2, -0.15) is 14.6 Å². The van der Waals surface area contributed by atoms with E-state index in [2.05, 4.69) is 20.6 Å². The molecule has 4 heterocycles. The van der Waals surface area contributed by atoms with Gasteiger partial charge in [0.25, 0.3) is 5.91 Å². The van der Waals surface area contributed by atoms with Crippen LogP contribution in [0.15, 0.2) is 60.9 Å². The first kappa shape index (κ1) is 28.8. The molecule has 1 aromatic carbocycles. The third-order valence-corrected chi connectivity index (χ3v) is 6.91. The summed E-state index contributed by atoms with van der Waals surface area (Å²) >= 11 is 0. The fraction of sp³-hybridized carbons (Fsp3) is 0.276. The lowest BCUT2D eigenvalue weighted by molar-refractivity contribution is -0.154. The first-order valence-electron chi connectivity index (χ1n) is 13.3. The van der Waals surface area contributed by atoms with E-state index in [-0.39, 0.29) is 5.69 Å². The number of hydroxylamine groups is 2. The summed E-state index contributed by atoms with van der Waals surface area (Å²) in [5, 5.41) is 12.4. The monoisotopic (exact) mass is 574 g/mol. The molecule has 0 saturated carbocycles. The summed E-state index contributed by atoms with van der Waals surface area (Å²) < 4.78 is 20.7. The maximum absolute atomic E-state index is 13.9. The zero-order valence-corrected chi connectivity index (χ0v) is 23.4. The number of nitrogens with two attached hydrogens (primary N) is 1. The molecule has 2 atom stereocenters. The predicted octanol–water partition coefficient (Wildman–Crippen LogP) is 3.31. The summed E-state index contributed by atoms with van der Waals surface area (Å²) in [4.78, 5) is 39.1. The molecular weight excluding hydrogens is 543 g/mol. The number of hydrogen-bond donors (Lipinski definition) is 3. The topological polar surface area (TPSA) is 150 Å². The number of nitrogens with one attached hydrogen (secondary N) is 2. The zero-order chi connectivity index (χ0) is 29.8. The van der Waals surface area contributed by atoms with E-state index < -0.39 is 30.0 Å². The summed E-state index contributed by atoms with van der Waals surface area (Å²) in [6.07, 6.45) is 2.25. The average Bonchev–Trinajstić information content (AvgIpc) is 3.52. The number of aryl methyl sites for hydroxylation is 1. The van der Waals surface area contributed by atoms with E-state index in [1.165, 1.54) is 18.5 Å². The Morgan fingerprint density at radius 1 is 1.17 bits per heavy atom. The van der Waals surface area contributed by atoms with Gasteiger partial charge in [0.2, 0.25) is 5.95 Å². The lowest BCUT2D eigenvalue weighted by Crippen LogP contribution is -2.42. The molecule has 3 aromatic heterocycles. The molecule has 1 aliphatic heterocycles. The normalized spacial score (nSPS) is 16.9. The van der Waals surface area contributed by atoms with Crippen LogP contribution in [0.25, 0.3) is 16.9 Å². The van der Waals surface area contributed by atoms with Gasteiger partial charge in [-0.3, -0.25) is 19.9 Å². The Hall–Kier alpha value is -4.72. The quantitative estimate of drug-likeness (QED) is 0.258. The number of amides is 3. The third-order valence-electron chi connectivity index (χ3n) is 6.91. The number of aromatic nitrogens is 4. The minimum absolute atomic E-state index is 0.179. The summed E-state index contributed by atoms with van der Waals surface area (Å²) in [6, 6.07) is 13.1. The minimum atomic E-state index is -0.641. The second-order valence-corrected chi connectivity index (χ2v) is 9.85. The molecule has 1 aliphatic rings. The maximum atomic E-state index is 13.9. The standard InChI is InChI=1S/C29H31FN8O4/c1-17-13-20(15-33-24(17)27(31)39)25-18(2)28(38(36-25)21-7-5-4-6-8-21)35-29(40)34-22-16-37(11-12-41-3)42-26(22)19-9-10-32-23(30)14-19/h4-10,13-15,22,26H,11-12,16H2,1-3H3,(H2,31,39)(H2,34,35,40)/t22-,26+/m1/s1. The highest BCUT2D eigenvalue weighted by molar-refractivity contribution is 5.93. The van der Waals surface area contributed by atoms with Crippen LogP contribution in [0.4, 0.5) is 15.0 Å². The molecule has 218 valence electrons. The van der Waals surface area contributed by atoms with Crippen LogP contribution in [0, 0.1) is 19.8 Å². The number of halogens is 1. The summed E-state index contributed by atoms with van der Waals surface area (Å²) in [5.74, 6) is -0.820. The van der Waals surface area contributed by atoms with Crippen molar-refractivity contribution in [1.82, 2.24) is 30.1 Å². The first-order valence-corrected chi connectivity index (χ1v) is 13.3. The molecule has 4 aromatic rings. The van der Waals surface area contributed by atoms with Gasteiger partial charge in [-0.1, -0.05) is 18.2 Å². The summed E-state index contributed by atoms with van der Waals surface area (Å²) in [7, 11) is 1.59. The molecule has 0 aliphatic carbocycles. The van der Waals surface area contributed by atoms with E-state index >= 15 is 0 Å². The van der Waals surface area contributed by atoms with Crippen molar-refractivity contribution >= 4 is 17.8 Å². The predicted molar refractivity (Wildman–Crippen MR) is 152 cm³/mol. The largest absolute Gasteiger partial charge is 0.383 e. The second-order valence-electron chi connectivity index (χ2n) is 9.85. The number of anilines is 1. The molecule has 1 fully saturated rings. The molecular formula is C29H31FN8O4. The van der Waals surface area contributed by atoms with E-state index in [1.807, 2.05) is 37.3 Å². The third kappa shape index (κ3) is 6.12. The number of rotatable bonds is 9. The number of carbonyl (C=O) groups is 2. The van der Waals surface area contributed by atoms with Crippen LogP contribution in [0.1, 0.15) is 33.3 Å². The Morgan fingerprint density at radius 3 is 2.64 bits per heavy atom. The van der Waals surface area contributed by atoms with Crippen LogP contribution in [0.3, 0.4) is 0 Å². The molecule has 0 bridgehead atoms. The van der Waals surface area contributed by atoms with E-state index in [0.29, 0.717) is 53.5 Å². The minimum Gasteiger partial charge on any atom is -0.383 e. The lowest BCUT2D eigenvalue weighted by Gasteiger charge is -2.19. The van der Waals surface area contributed by atoms with Gasteiger partial charge in [0.15, 0.2) is 0 Å². The average molecular weight is 575 g/mol. The van der Waals surface area contributed by atoms with Gasteiger partial charge in [0.05, 0.1) is 24.0 Å². The Bertz CT molecular complexity index is 1600. The van der Waals surface area contributed by atoms with E-state index in [0.717, 1.165) is 5.69 Å². The molecule has 0 unspecified atom stereocenters. The fourth-order valence-corrected chi connectivity index (χ4v) is 4.89. The van der Waals surface area contributed by atoms with Gasteiger partial charge in [0, 0.05) is 43.7 Å². The Labute approximate surface area is 241 Å². The van der Waals surface area contributed by atoms with Gasteiger partial charge < -0.3 is 15.8 Å². The molecule has 42 heavy (non-hydrogen) atoms. The van der Waals surface area contributed by atoms with Crippen molar-refractivity contribution < 1.29 is 23.6 Å². The van der Waals surface area contributed by atoms with Crippen molar-refractivity contribution in [2.75, 3.05) is 32.1 Å². The van der Waals surface area contributed by atoms with Crippen LogP contribution in [0.2, 0.25) is 0 Å². The van der Waals surface area contributed by atoms with Crippen molar-refractivity contribution in [3.05, 3.63) is 89.3 Å². The van der Waals surface area contributed by atoms with Gasteiger partial charge in [-0.25, -0.2) is 14.5 Å². The highest BCUT2D eigenvalue weighted by Gasteiger charge is 2.37. The first-order chi connectivity index (χ1) is 20.2. The number of nitrogens with zero attached hydrogens (tertiary/aromatic N) is 5. The van der Waals surface area contributed by atoms with Crippen molar-refractivity contribution in [3.8, 4) is 16.9 Å². The lowest BCUT2D eigenvalue weighted by atomic mass is 10.0. The molecule has 3 amide bonds. The number of benzene rings is 1.